The first-order valence-electron chi connectivity index (χ1n) is 11.2. The maximum atomic E-state index is 12.7. The lowest BCUT2D eigenvalue weighted by molar-refractivity contribution is -0.137. The van der Waals surface area contributed by atoms with Gasteiger partial charge in [0.25, 0.3) is 0 Å². The molecular formula is C27H26F3NO. The van der Waals surface area contributed by atoms with Crippen molar-refractivity contribution in [2.45, 2.75) is 38.5 Å². The van der Waals surface area contributed by atoms with Crippen molar-refractivity contribution in [3.05, 3.63) is 82.9 Å². The number of rotatable bonds is 5. The molecule has 0 atom stereocenters. The Balaban J connectivity index is 1.34. The van der Waals surface area contributed by atoms with E-state index in [0.717, 1.165) is 22.9 Å². The molecule has 1 fully saturated rings. The second-order valence-electron chi connectivity index (χ2n) is 8.90. The lowest BCUT2D eigenvalue weighted by Crippen LogP contribution is -2.29. The second kappa shape index (κ2) is 8.28. The summed E-state index contributed by atoms with van der Waals surface area (Å²) in [6.07, 6.45) is 0.743. The van der Waals surface area contributed by atoms with Gasteiger partial charge in [0.1, 0.15) is 12.4 Å². The molecule has 0 radical (unpaired) electrons. The quantitative estimate of drug-likeness (QED) is 0.468. The van der Waals surface area contributed by atoms with Gasteiger partial charge in [-0.2, -0.15) is 13.2 Å². The zero-order valence-corrected chi connectivity index (χ0v) is 17.8. The van der Waals surface area contributed by atoms with Crippen LogP contribution in [0.4, 0.5) is 13.2 Å². The number of allylic oxidation sites excluding steroid dienone is 1. The number of benzene rings is 3. The average molecular weight is 438 g/mol. The highest BCUT2D eigenvalue weighted by molar-refractivity contribution is 5.88. The van der Waals surface area contributed by atoms with Crippen molar-refractivity contribution in [2.24, 2.45) is 17.6 Å². The molecule has 0 aliphatic heterocycles. The normalized spacial score (nSPS) is 20.8. The second-order valence-corrected chi connectivity index (χ2v) is 8.90. The maximum absolute atomic E-state index is 12.7. The summed E-state index contributed by atoms with van der Waals surface area (Å²) < 4.78 is 44.0. The molecule has 0 amide bonds. The summed E-state index contributed by atoms with van der Waals surface area (Å²) in [7, 11) is 0. The summed E-state index contributed by atoms with van der Waals surface area (Å²) in [6, 6.07) is 17.6. The molecule has 0 aromatic heterocycles. The fourth-order valence-corrected chi connectivity index (χ4v) is 5.35. The highest BCUT2D eigenvalue weighted by Gasteiger charge is 2.34. The molecule has 3 aliphatic rings. The summed E-state index contributed by atoms with van der Waals surface area (Å²) in [5, 5.41) is 2.23. The molecule has 2 N–H and O–H groups in total. The molecule has 6 rings (SSSR count). The Hall–Kier alpha value is -2.79. The largest absolute Gasteiger partial charge is 0.489 e. The van der Waals surface area contributed by atoms with Gasteiger partial charge >= 0.3 is 6.18 Å². The fraction of sp³-hybridized carbons (Fsp3) is 0.333. The molecule has 0 spiro atoms. The van der Waals surface area contributed by atoms with Crippen LogP contribution in [0.1, 0.15) is 42.4 Å². The number of hydrogen-bond donors (Lipinski definition) is 1. The van der Waals surface area contributed by atoms with Crippen LogP contribution in [-0.2, 0) is 12.8 Å². The first-order chi connectivity index (χ1) is 15.4. The molecular weight excluding hydrogens is 411 g/mol. The maximum Gasteiger partial charge on any atom is 0.416 e. The van der Waals surface area contributed by atoms with Crippen molar-refractivity contribution in [1.29, 1.82) is 0 Å². The van der Waals surface area contributed by atoms with Gasteiger partial charge in [-0.25, -0.2) is 0 Å². The van der Waals surface area contributed by atoms with Crippen LogP contribution in [0.3, 0.4) is 0 Å². The van der Waals surface area contributed by atoms with Crippen LogP contribution < -0.4 is 10.5 Å². The lowest BCUT2D eigenvalue weighted by atomic mass is 9.65. The number of alkyl halides is 3. The Morgan fingerprint density at radius 1 is 0.812 bits per heavy atom. The van der Waals surface area contributed by atoms with E-state index in [1.807, 2.05) is 18.2 Å². The average Bonchev–Trinajstić information content (AvgIpc) is 2.82. The van der Waals surface area contributed by atoms with E-state index in [-0.39, 0.29) is 6.61 Å². The molecule has 3 aromatic carbocycles. The molecule has 0 saturated heterocycles. The molecule has 0 heterocycles. The van der Waals surface area contributed by atoms with Gasteiger partial charge in [-0.3, -0.25) is 0 Å². The van der Waals surface area contributed by atoms with Gasteiger partial charge in [0, 0.05) is 6.54 Å². The van der Waals surface area contributed by atoms with Gasteiger partial charge in [0.05, 0.1) is 5.56 Å². The first kappa shape index (κ1) is 21.1. The highest BCUT2D eigenvalue weighted by Crippen LogP contribution is 2.49. The van der Waals surface area contributed by atoms with Gasteiger partial charge in [0.2, 0.25) is 0 Å². The summed E-state index contributed by atoms with van der Waals surface area (Å²) in [5.41, 5.74) is 10.4. The van der Waals surface area contributed by atoms with Crippen LogP contribution in [0.25, 0.3) is 16.3 Å². The Labute approximate surface area is 185 Å². The van der Waals surface area contributed by atoms with Gasteiger partial charge in [-0.15, -0.1) is 0 Å². The van der Waals surface area contributed by atoms with Crippen molar-refractivity contribution in [3.8, 4) is 5.75 Å². The van der Waals surface area contributed by atoms with E-state index in [4.69, 9.17) is 10.5 Å². The third-order valence-electron chi connectivity index (χ3n) is 7.00. The first-order valence-corrected chi connectivity index (χ1v) is 11.2. The van der Waals surface area contributed by atoms with Crippen LogP contribution >= 0.6 is 0 Å². The Bertz CT molecular complexity index is 1160. The molecule has 166 valence electrons. The predicted molar refractivity (Wildman–Crippen MR) is 121 cm³/mol. The number of hydrogen-bond acceptors (Lipinski definition) is 2. The zero-order valence-electron chi connectivity index (χ0n) is 17.8. The fourth-order valence-electron chi connectivity index (χ4n) is 5.35. The molecule has 5 heteroatoms. The van der Waals surface area contributed by atoms with E-state index in [9.17, 15) is 13.2 Å². The van der Waals surface area contributed by atoms with Crippen LogP contribution in [-0.4, -0.2) is 6.54 Å². The minimum absolute atomic E-state index is 0.220. The van der Waals surface area contributed by atoms with E-state index in [1.165, 1.54) is 54.5 Å². The zero-order chi connectivity index (χ0) is 22.3. The smallest absolute Gasteiger partial charge is 0.416 e. The van der Waals surface area contributed by atoms with E-state index in [2.05, 4.69) is 18.2 Å². The minimum atomic E-state index is -4.32. The summed E-state index contributed by atoms with van der Waals surface area (Å²) >= 11 is 0. The van der Waals surface area contributed by atoms with Crippen LogP contribution in [0.15, 0.2) is 66.2 Å². The van der Waals surface area contributed by atoms with E-state index in [0.29, 0.717) is 29.7 Å². The number of fused-ring (bicyclic) bond motifs is 3. The molecule has 0 unspecified atom stereocenters. The van der Waals surface area contributed by atoms with Crippen molar-refractivity contribution >= 4 is 16.3 Å². The van der Waals surface area contributed by atoms with Crippen molar-refractivity contribution in [3.63, 3.8) is 0 Å². The third-order valence-corrected chi connectivity index (χ3v) is 7.00. The third kappa shape index (κ3) is 4.02. The molecule has 3 aromatic rings. The predicted octanol–water partition coefficient (Wildman–Crippen LogP) is 6.97. The van der Waals surface area contributed by atoms with Gasteiger partial charge in [-0.05, 0) is 101 Å². The van der Waals surface area contributed by atoms with Crippen molar-refractivity contribution in [1.82, 2.24) is 0 Å². The monoisotopic (exact) mass is 437 g/mol. The topological polar surface area (TPSA) is 35.2 Å². The number of nitrogens with two attached hydrogens (primary N) is 1. The Kier molecular flexibility index (Phi) is 5.46. The summed E-state index contributed by atoms with van der Waals surface area (Å²) in [4.78, 5) is 0. The summed E-state index contributed by atoms with van der Waals surface area (Å²) in [5.74, 6) is 1.97. The van der Waals surface area contributed by atoms with E-state index >= 15 is 0 Å². The summed E-state index contributed by atoms with van der Waals surface area (Å²) in [6.45, 7) is 0.864. The number of halogens is 3. The molecule has 32 heavy (non-hydrogen) atoms. The number of ether oxygens (including phenoxy) is 1. The highest BCUT2D eigenvalue weighted by atomic mass is 19.4. The van der Waals surface area contributed by atoms with Crippen molar-refractivity contribution in [2.75, 3.05) is 6.54 Å². The minimum Gasteiger partial charge on any atom is -0.489 e. The van der Waals surface area contributed by atoms with Gasteiger partial charge < -0.3 is 10.5 Å². The molecule has 2 nitrogen and oxygen atoms in total. The Morgan fingerprint density at radius 3 is 2.16 bits per heavy atom. The van der Waals surface area contributed by atoms with E-state index < -0.39 is 11.7 Å². The van der Waals surface area contributed by atoms with Crippen LogP contribution in [0, 0.1) is 11.8 Å². The lowest BCUT2D eigenvalue weighted by Gasteiger charge is -2.40. The SMILES string of the molecule is NCC1=C(c2ccc3cc(OCc4ccc(C(F)(F)F)cc4)ccc3c2)C2CCC1CC2. The van der Waals surface area contributed by atoms with Crippen molar-refractivity contribution < 1.29 is 17.9 Å². The molecule has 2 bridgehead atoms. The van der Waals surface area contributed by atoms with Gasteiger partial charge in [0.15, 0.2) is 0 Å². The molecule has 1 saturated carbocycles. The Morgan fingerprint density at radius 2 is 1.47 bits per heavy atom. The standard InChI is InChI=1S/C27H26F3NO/c28-27(29,30)23-10-1-17(2-11-23)16-32-24-12-9-20-13-22(8-7-21(20)14-24)26-19-5-3-18(4-6-19)25(26)15-31/h1-2,7-14,18-19H,3-6,15-16,31H2. The van der Waals surface area contributed by atoms with Crippen LogP contribution in [0.2, 0.25) is 0 Å². The van der Waals surface area contributed by atoms with Crippen LogP contribution in [0.5, 0.6) is 5.75 Å². The van der Waals surface area contributed by atoms with Gasteiger partial charge in [-0.1, -0.05) is 30.3 Å². The molecule has 3 aliphatic carbocycles. The van der Waals surface area contributed by atoms with E-state index in [1.54, 1.807) is 0 Å².